The molecule has 2 fully saturated rings. The zero-order chi connectivity index (χ0) is 26.5. The summed E-state index contributed by atoms with van der Waals surface area (Å²) < 4.78 is 26.7. The molecule has 0 saturated carbocycles. The Morgan fingerprint density at radius 1 is 1.24 bits per heavy atom. The van der Waals surface area contributed by atoms with Gasteiger partial charge in [-0.1, -0.05) is 31.5 Å². The summed E-state index contributed by atoms with van der Waals surface area (Å²) in [6, 6.07) is 8.32. The van der Waals surface area contributed by atoms with Crippen LogP contribution in [0.25, 0.3) is 0 Å². The van der Waals surface area contributed by atoms with E-state index >= 15 is 4.39 Å². The molecule has 3 aliphatic heterocycles. The number of carbonyl (C=O) groups is 1. The molecule has 206 valence electrons. The Balaban J connectivity index is 1.09. The number of hydrogen-bond acceptors (Lipinski definition) is 6. The number of aromatic nitrogens is 1. The molecule has 2 aromatic rings. The van der Waals surface area contributed by atoms with Crippen LogP contribution in [-0.2, 0) is 32.5 Å². The molecule has 0 spiro atoms. The lowest BCUT2D eigenvalue weighted by molar-refractivity contribution is -0.151. The van der Waals surface area contributed by atoms with Crippen LogP contribution in [0.15, 0.2) is 30.3 Å². The number of carboxylic acids is 1. The Morgan fingerprint density at radius 3 is 2.84 bits per heavy atom. The number of likely N-dealkylation sites (tertiary alicyclic amines) is 1. The van der Waals surface area contributed by atoms with Gasteiger partial charge in [0.05, 0.1) is 6.10 Å². The fourth-order valence-corrected chi connectivity index (χ4v) is 6.09. The number of rotatable bonds is 11. The van der Waals surface area contributed by atoms with Crippen LogP contribution < -0.4 is 5.32 Å². The number of fused-ring (bicyclic) bond motifs is 1. The van der Waals surface area contributed by atoms with Crippen molar-refractivity contribution in [3.05, 3.63) is 58.5 Å². The largest absolute Gasteiger partial charge is 0.480 e. The fourth-order valence-electron chi connectivity index (χ4n) is 6.09. The van der Waals surface area contributed by atoms with Crippen molar-refractivity contribution < 1.29 is 23.8 Å². The van der Waals surface area contributed by atoms with Crippen LogP contribution in [0.2, 0.25) is 0 Å². The van der Waals surface area contributed by atoms with E-state index in [0.717, 1.165) is 50.2 Å². The highest BCUT2D eigenvalue weighted by atomic mass is 19.1. The van der Waals surface area contributed by atoms with E-state index in [0.29, 0.717) is 56.9 Å². The van der Waals surface area contributed by atoms with Gasteiger partial charge in [0.1, 0.15) is 17.7 Å². The monoisotopic (exact) mass is 525 g/mol. The first-order valence-electron chi connectivity index (χ1n) is 14.1. The first-order valence-corrected chi connectivity index (χ1v) is 14.1. The molecule has 0 bridgehead atoms. The van der Waals surface area contributed by atoms with E-state index in [1.54, 1.807) is 12.1 Å². The second kappa shape index (κ2) is 12.1. The van der Waals surface area contributed by atoms with Gasteiger partial charge in [-0.2, -0.15) is 0 Å². The Kier molecular flexibility index (Phi) is 8.61. The predicted molar refractivity (Wildman–Crippen MR) is 144 cm³/mol. The lowest BCUT2D eigenvalue weighted by atomic mass is 9.72. The van der Waals surface area contributed by atoms with E-state index in [-0.39, 0.29) is 11.9 Å². The molecule has 1 unspecified atom stereocenters. The summed E-state index contributed by atoms with van der Waals surface area (Å²) in [6.45, 7) is 5.89. The molecule has 4 heterocycles. The summed E-state index contributed by atoms with van der Waals surface area (Å²) in [5.41, 5.74) is 3.12. The molecule has 3 aliphatic rings. The van der Waals surface area contributed by atoms with Gasteiger partial charge >= 0.3 is 5.97 Å². The number of nitrogens with zero attached hydrogens (tertiary/aromatic N) is 2. The summed E-state index contributed by atoms with van der Waals surface area (Å²) in [5.74, 6) is -0.219. The molecule has 0 radical (unpaired) electrons. The third-order valence-corrected chi connectivity index (χ3v) is 8.40. The van der Waals surface area contributed by atoms with Crippen molar-refractivity contribution in [3.8, 4) is 0 Å². The number of anilines is 1. The summed E-state index contributed by atoms with van der Waals surface area (Å²) in [5, 5.41) is 13.5. The van der Waals surface area contributed by atoms with Crippen LogP contribution in [-0.4, -0.2) is 66.5 Å². The Labute approximate surface area is 224 Å². The molecule has 0 amide bonds. The molecule has 5 rings (SSSR count). The van der Waals surface area contributed by atoms with E-state index < -0.39 is 17.4 Å². The van der Waals surface area contributed by atoms with Crippen LogP contribution in [0, 0.1) is 5.82 Å². The van der Waals surface area contributed by atoms with Crippen molar-refractivity contribution >= 4 is 11.8 Å². The van der Waals surface area contributed by atoms with E-state index in [1.807, 2.05) is 11.8 Å². The molecule has 2 N–H and O–H groups in total. The Bertz CT molecular complexity index is 1110. The maximum atomic E-state index is 15.1. The summed E-state index contributed by atoms with van der Waals surface area (Å²) in [4.78, 5) is 19.0. The summed E-state index contributed by atoms with van der Waals surface area (Å²) >= 11 is 0. The zero-order valence-corrected chi connectivity index (χ0v) is 22.4. The molecular weight excluding hydrogens is 485 g/mol. The maximum Gasteiger partial charge on any atom is 0.325 e. The van der Waals surface area contributed by atoms with Gasteiger partial charge in [0.2, 0.25) is 0 Å². The van der Waals surface area contributed by atoms with Gasteiger partial charge in [0.15, 0.2) is 0 Å². The second-order valence-corrected chi connectivity index (χ2v) is 11.2. The van der Waals surface area contributed by atoms with Gasteiger partial charge in [0, 0.05) is 50.6 Å². The van der Waals surface area contributed by atoms with Gasteiger partial charge in [-0.3, -0.25) is 9.69 Å². The number of unbranched alkanes of at least 4 members (excludes halogenated alkanes) is 2. The first kappa shape index (κ1) is 27.0. The minimum Gasteiger partial charge on any atom is -0.480 e. The molecule has 1 aromatic heterocycles. The summed E-state index contributed by atoms with van der Waals surface area (Å²) in [7, 11) is 0. The molecule has 38 heavy (non-hydrogen) atoms. The molecule has 8 heteroatoms. The number of hydrogen-bond donors (Lipinski definition) is 2. The quantitative estimate of drug-likeness (QED) is 0.404. The highest BCUT2D eigenvalue weighted by Gasteiger charge is 2.42. The number of ether oxygens (including phenoxy) is 2. The smallest absolute Gasteiger partial charge is 0.325 e. The van der Waals surface area contributed by atoms with Crippen LogP contribution in [0.1, 0.15) is 73.9 Å². The lowest BCUT2D eigenvalue weighted by Gasteiger charge is -2.44. The van der Waals surface area contributed by atoms with Crippen molar-refractivity contribution in [2.75, 3.05) is 44.8 Å². The maximum absolute atomic E-state index is 15.1. The number of benzene rings is 1. The number of aliphatic carboxylic acids is 1. The van der Waals surface area contributed by atoms with Crippen LogP contribution in [0.4, 0.5) is 10.2 Å². The van der Waals surface area contributed by atoms with Crippen molar-refractivity contribution in [1.29, 1.82) is 0 Å². The molecule has 1 atom stereocenters. The third-order valence-electron chi connectivity index (χ3n) is 8.40. The third kappa shape index (κ3) is 6.03. The minimum absolute atomic E-state index is 0.0147. The Hall–Kier alpha value is -2.55. The SMILES string of the molecule is CC1(c2c(F)cccc2C(C(=O)O)N2CC(OCCCCCc3ccc4c(n3)NCCC4)C2)CCOCC1. The molecule has 1 aromatic carbocycles. The van der Waals surface area contributed by atoms with Crippen LogP contribution >= 0.6 is 0 Å². The lowest BCUT2D eigenvalue weighted by Crippen LogP contribution is -2.55. The highest BCUT2D eigenvalue weighted by molar-refractivity contribution is 5.76. The van der Waals surface area contributed by atoms with Gasteiger partial charge < -0.3 is 19.9 Å². The van der Waals surface area contributed by atoms with Crippen molar-refractivity contribution in [2.45, 2.75) is 75.9 Å². The summed E-state index contributed by atoms with van der Waals surface area (Å²) in [6.07, 6.45) is 7.72. The van der Waals surface area contributed by atoms with E-state index in [9.17, 15) is 9.90 Å². The number of nitrogens with one attached hydrogen (secondary N) is 1. The first-order chi connectivity index (χ1) is 18.4. The number of halogens is 1. The van der Waals surface area contributed by atoms with Crippen molar-refractivity contribution in [1.82, 2.24) is 9.88 Å². The van der Waals surface area contributed by atoms with E-state index in [1.165, 1.54) is 18.1 Å². The molecule has 2 saturated heterocycles. The number of carboxylic acid groups (broad SMARTS) is 1. The van der Waals surface area contributed by atoms with E-state index in [2.05, 4.69) is 17.4 Å². The molecular formula is C30H40FN3O4. The van der Waals surface area contributed by atoms with Gasteiger partial charge in [-0.05, 0) is 73.8 Å². The number of aryl methyl sites for hydroxylation is 2. The molecule has 7 nitrogen and oxygen atoms in total. The van der Waals surface area contributed by atoms with Gasteiger partial charge in [-0.25, -0.2) is 9.37 Å². The number of pyridine rings is 1. The van der Waals surface area contributed by atoms with Gasteiger partial charge in [-0.15, -0.1) is 0 Å². The standard InChI is InChI=1S/C30H40FN3O4/c1-30(13-17-37-18-14-30)26-24(9-5-10-25(26)31)27(29(35)36)34-19-23(20-34)38-16-4-2-3-8-22-12-11-21-7-6-15-32-28(21)33-22/h5,9-12,23,27H,2-4,6-8,13-20H2,1H3,(H,32,33)(H,35,36). The van der Waals surface area contributed by atoms with Crippen molar-refractivity contribution in [3.63, 3.8) is 0 Å². The second-order valence-electron chi connectivity index (χ2n) is 11.2. The van der Waals surface area contributed by atoms with Crippen LogP contribution in [0.3, 0.4) is 0 Å². The average Bonchev–Trinajstić information content (AvgIpc) is 2.88. The topological polar surface area (TPSA) is 83.9 Å². The Morgan fingerprint density at radius 2 is 2.05 bits per heavy atom. The average molecular weight is 526 g/mol. The zero-order valence-electron chi connectivity index (χ0n) is 22.4. The molecule has 0 aliphatic carbocycles. The predicted octanol–water partition coefficient (Wildman–Crippen LogP) is 4.89. The fraction of sp³-hybridized carbons (Fsp3) is 0.600. The highest BCUT2D eigenvalue weighted by Crippen LogP contribution is 2.42. The van der Waals surface area contributed by atoms with E-state index in [4.69, 9.17) is 14.5 Å². The normalized spacial score (nSPS) is 20.3. The minimum atomic E-state index is -0.947. The van der Waals surface area contributed by atoms with Crippen molar-refractivity contribution in [2.24, 2.45) is 0 Å². The van der Waals surface area contributed by atoms with Gasteiger partial charge in [0.25, 0.3) is 0 Å². The van der Waals surface area contributed by atoms with Crippen LogP contribution in [0.5, 0.6) is 0 Å².